The average Bonchev–Trinajstić information content (AvgIpc) is 2.91. The minimum Gasteiger partial charge on any atom is -0.392 e. The van der Waals surface area contributed by atoms with Gasteiger partial charge in [0.1, 0.15) is 5.82 Å². The van der Waals surface area contributed by atoms with Gasteiger partial charge in [0.25, 0.3) is 0 Å². The molecule has 5 nitrogen and oxygen atoms in total. The summed E-state index contributed by atoms with van der Waals surface area (Å²) >= 11 is 4.92. The SMILES string of the molecule is Cc1cc(NC(=O)C2(C(N)=S)CC2)n(C)n1. The highest BCUT2D eigenvalue weighted by molar-refractivity contribution is 7.80. The van der Waals surface area contributed by atoms with Gasteiger partial charge in [0, 0.05) is 13.1 Å². The lowest BCUT2D eigenvalue weighted by Crippen LogP contribution is -2.35. The van der Waals surface area contributed by atoms with Gasteiger partial charge >= 0.3 is 0 Å². The molecule has 1 aromatic heterocycles. The second-order valence-corrected chi connectivity index (χ2v) is 4.63. The number of carbonyl (C=O) groups excluding carboxylic acids is 1. The van der Waals surface area contributed by atoms with Crippen molar-refractivity contribution in [3.63, 3.8) is 0 Å². The summed E-state index contributed by atoms with van der Waals surface area (Å²) in [6.45, 7) is 1.87. The molecular weight excluding hydrogens is 224 g/mol. The monoisotopic (exact) mass is 238 g/mol. The van der Waals surface area contributed by atoms with Gasteiger partial charge in [-0.05, 0) is 19.8 Å². The molecule has 1 aromatic rings. The largest absolute Gasteiger partial charge is 0.392 e. The fraction of sp³-hybridized carbons (Fsp3) is 0.500. The first-order chi connectivity index (χ1) is 7.45. The molecule has 0 radical (unpaired) electrons. The van der Waals surface area contributed by atoms with Crippen LogP contribution >= 0.6 is 12.2 Å². The highest BCUT2D eigenvalue weighted by Gasteiger charge is 2.52. The van der Waals surface area contributed by atoms with Gasteiger partial charge in [-0.2, -0.15) is 5.10 Å². The standard InChI is InChI=1S/C10H14N4OS/c1-6-5-7(14(2)13-6)12-9(15)10(3-4-10)8(11)16/h5H,3-4H2,1-2H3,(H2,11,16)(H,12,15). The van der Waals surface area contributed by atoms with Crippen molar-refractivity contribution < 1.29 is 4.79 Å². The van der Waals surface area contributed by atoms with E-state index in [-0.39, 0.29) is 10.9 Å². The molecule has 1 amide bonds. The predicted octanol–water partition coefficient (Wildman–Crippen LogP) is 0.733. The first-order valence-corrected chi connectivity index (χ1v) is 5.48. The van der Waals surface area contributed by atoms with Crippen LogP contribution in [0.15, 0.2) is 6.07 Å². The Labute approximate surface area is 99.0 Å². The summed E-state index contributed by atoms with van der Waals surface area (Å²) in [6, 6.07) is 1.81. The summed E-state index contributed by atoms with van der Waals surface area (Å²) in [5.74, 6) is 0.549. The minimum atomic E-state index is -0.618. The van der Waals surface area contributed by atoms with E-state index < -0.39 is 5.41 Å². The molecule has 16 heavy (non-hydrogen) atoms. The van der Waals surface area contributed by atoms with Gasteiger partial charge in [0.15, 0.2) is 0 Å². The zero-order chi connectivity index (χ0) is 11.9. The fourth-order valence-electron chi connectivity index (χ4n) is 1.67. The maximum absolute atomic E-state index is 12.0. The quantitative estimate of drug-likeness (QED) is 0.762. The molecule has 86 valence electrons. The number of hydrogen-bond acceptors (Lipinski definition) is 3. The molecule has 1 aliphatic carbocycles. The number of aryl methyl sites for hydroxylation is 2. The molecule has 6 heteroatoms. The maximum Gasteiger partial charge on any atom is 0.238 e. The van der Waals surface area contributed by atoms with Crippen LogP contribution in [0.3, 0.4) is 0 Å². The normalized spacial score (nSPS) is 16.9. The van der Waals surface area contributed by atoms with Crippen molar-refractivity contribution >= 4 is 28.9 Å². The smallest absolute Gasteiger partial charge is 0.238 e. The molecule has 0 aliphatic heterocycles. The van der Waals surface area contributed by atoms with Crippen LogP contribution in [0.1, 0.15) is 18.5 Å². The van der Waals surface area contributed by atoms with Crippen molar-refractivity contribution in [2.75, 3.05) is 5.32 Å². The van der Waals surface area contributed by atoms with E-state index in [4.69, 9.17) is 18.0 Å². The summed E-state index contributed by atoms with van der Waals surface area (Å²) in [5, 5.41) is 6.96. The number of anilines is 1. The second kappa shape index (κ2) is 3.55. The lowest BCUT2D eigenvalue weighted by molar-refractivity contribution is -0.118. The Balaban J connectivity index is 2.14. The Hall–Kier alpha value is -1.43. The van der Waals surface area contributed by atoms with Crippen LogP contribution in [0.2, 0.25) is 0 Å². The highest BCUT2D eigenvalue weighted by Crippen LogP contribution is 2.46. The molecule has 0 aromatic carbocycles. The number of amides is 1. The number of thiocarbonyl (C=S) groups is 1. The van der Waals surface area contributed by atoms with E-state index in [9.17, 15) is 4.79 Å². The fourth-order valence-corrected chi connectivity index (χ4v) is 1.97. The summed E-state index contributed by atoms with van der Waals surface area (Å²) in [4.78, 5) is 12.3. The number of hydrogen-bond donors (Lipinski definition) is 2. The number of aromatic nitrogens is 2. The van der Waals surface area contributed by atoms with Crippen LogP contribution in [0.5, 0.6) is 0 Å². The molecule has 1 heterocycles. The van der Waals surface area contributed by atoms with E-state index in [0.717, 1.165) is 18.5 Å². The van der Waals surface area contributed by atoms with Gasteiger partial charge < -0.3 is 11.1 Å². The Morgan fingerprint density at radius 2 is 2.31 bits per heavy atom. The van der Waals surface area contributed by atoms with Gasteiger partial charge in [-0.15, -0.1) is 0 Å². The molecule has 3 N–H and O–H groups in total. The Bertz CT molecular complexity index is 461. The van der Waals surface area contributed by atoms with Crippen molar-refractivity contribution in [1.29, 1.82) is 0 Å². The summed E-state index contributed by atoms with van der Waals surface area (Å²) < 4.78 is 1.63. The van der Waals surface area contributed by atoms with E-state index in [2.05, 4.69) is 10.4 Å². The number of nitrogens with two attached hydrogens (primary N) is 1. The van der Waals surface area contributed by atoms with E-state index >= 15 is 0 Å². The van der Waals surface area contributed by atoms with Gasteiger partial charge in [-0.3, -0.25) is 9.48 Å². The molecule has 0 spiro atoms. The molecule has 1 saturated carbocycles. The van der Waals surface area contributed by atoms with E-state index in [1.165, 1.54) is 0 Å². The van der Waals surface area contributed by atoms with Crippen LogP contribution in [0.4, 0.5) is 5.82 Å². The first kappa shape index (κ1) is 11.1. The van der Waals surface area contributed by atoms with Crippen LogP contribution < -0.4 is 11.1 Å². The number of nitrogens with one attached hydrogen (secondary N) is 1. The predicted molar refractivity (Wildman–Crippen MR) is 65.0 cm³/mol. The third-order valence-electron chi connectivity index (χ3n) is 2.90. The van der Waals surface area contributed by atoms with Gasteiger partial charge in [0.05, 0.1) is 16.1 Å². The third-order valence-corrected chi connectivity index (χ3v) is 3.29. The number of carbonyl (C=O) groups is 1. The zero-order valence-electron chi connectivity index (χ0n) is 9.28. The lowest BCUT2D eigenvalue weighted by Gasteiger charge is -2.13. The van der Waals surface area contributed by atoms with E-state index in [0.29, 0.717) is 5.82 Å². The summed E-state index contributed by atoms with van der Waals surface area (Å²) in [5.41, 5.74) is 5.82. The first-order valence-electron chi connectivity index (χ1n) is 5.08. The maximum atomic E-state index is 12.0. The van der Waals surface area contributed by atoms with Gasteiger partial charge in [-0.25, -0.2) is 0 Å². The molecule has 0 bridgehead atoms. The summed E-state index contributed by atoms with van der Waals surface area (Å²) in [6.07, 6.45) is 1.48. The second-order valence-electron chi connectivity index (χ2n) is 4.20. The van der Waals surface area contributed by atoms with Crippen molar-refractivity contribution in [1.82, 2.24) is 9.78 Å². The Morgan fingerprint density at radius 3 is 2.69 bits per heavy atom. The van der Waals surface area contributed by atoms with Crippen LogP contribution in [-0.2, 0) is 11.8 Å². The Kier molecular flexibility index (Phi) is 2.46. The molecule has 2 rings (SSSR count). The van der Waals surface area contributed by atoms with Gasteiger partial charge in [0.2, 0.25) is 5.91 Å². The summed E-state index contributed by atoms with van der Waals surface area (Å²) in [7, 11) is 1.78. The topological polar surface area (TPSA) is 72.9 Å². The van der Waals surface area contributed by atoms with Crippen molar-refractivity contribution in [3.05, 3.63) is 11.8 Å². The lowest BCUT2D eigenvalue weighted by atomic mass is 10.1. The molecular formula is C10H14N4OS. The molecule has 0 saturated heterocycles. The van der Waals surface area contributed by atoms with E-state index in [1.54, 1.807) is 11.7 Å². The average molecular weight is 238 g/mol. The van der Waals surface area contributed by atoms with Crippen molar-refractivity contribution in [2.45, 2.75) is 19.8 Å². The highest BCUT2D eigenvalue weighted by atomic mass is 32.1. The van der Waals surface area contributed by atoms with Crippen molar-refractivity contribution in [2.24, 2.45) is 18.2 Å². The Morgan fingerprint density at radius 1 is 1.69 bits per heavy atom. The molecule has 0 atom stereocenters. The minimum absolute atomic E-state index is 0.122. The number of rotatable bonds is 3. The number of nitrogens with zero attached hydrogens (tertiary/aromatic N) is 2. The third kappa shape index (κ3) is 1.69. The van der Waals surface area contributed by atoms with Crippen LogP contribution in [-0.4, -0.2) is 20.7 Å². The zero-order valence-corrected chi connectivity index (χ0v) is 10.1. The van der Waals surface area contributed by atoms with Crippen molar-refractivity contribution in [3.8, 4) is 0 Å². The van der Waals surface area contributed by atoms with E-state index in [1.807, 2.05) is 13.0 Å². The molecule has 1 aliphatic rings. The molecule has 0 unspecified atom stereocenters. The van der Waals surface area contributed by atoms with Crippen LogP contribution in [0.25, 0.3) is 0 Å². The van der Waals surface area contributed by atoms with Crippen LogP contribution in [0, 0.1) is 12.3 Å². The van der Waals surface area contributed by atoms with Gasteiger partial charge in [-0.1, -0.05) is 12.2 Å². The molecule has 1 fully saturated rings.